The van der Waals surface area contributed by atoms with E-state index in [1.165, 1.54) is 0 Å². The standard InChI is InChI=1S/C29H25Cl2N3O3/c30-22-11-8-18(9-12-22)28-25(6-1-2-7-27(35)36)32-26-15-20(10-13-24(26)33-28)29(37)34-16-21(17-34)19-4-3-5-23(31)14-19/h3-5,8-15,21H,1-2,6-7,16-17H2,(H,35,36). The zero-order valence-corrected chi connectivity index (χ0v) is 21.5. The number of carbonyl (C=O) groups is 2. The zero-order chi connectivity index (χ0) is 25.9. The molecule has 1 aliphatic heterocycles. The molecule has 1 amide bonds. The van der Waals surface area contributed by atoms with Gasteiger partial charge in [-0.25, -0.2) is 9.97 Å². The molecule has 0 spiro atoms. The predicted octanol–water partition coefficient (Wildman–Crippen LogP) is 6.64. The second kappa shape index (κ2) is 10.9. The first-order valence-corrected chi connectivity index (χ1v) is 13.0. The van der Waals surface area contributed by atoms with Crippen LogP contribution in [0.5, 0.6) is 0 Å². The normalized spacial score (nSPS) is 13.5. The highest BCUT2D eigenvalue weighted by Gasteiger charge is 2.32. The molecule has 0 atom stereocenters. The summed E-state index contributed by atoms with van der Waals surface area (Å²) in [7, 11) is 0. The maximum absolute atomic E-state index is 13.2. The Hall–Kier alpha value is -3.48. The van der Waals surface area contributed by atoms with Crippen LogP contribution in [0.2, 0.25) is 10.0 Å². The van der Waals surface area contributed by atoms with E-state index in [-0.39, 0.29) is 18.2 Å². The fourth-order valence-corrected chi connectivity index (χ4v) is 4.93. The van der Waals surface area contributed by atoms with Gasteiger partial charge in [-0.1, -0.05) is 47.5 Å². The lowest BCUT2D eigenvalue weighted by molar-refractivity contribution is -0.137. The molecule has 3 aromatic carbocycles. The number of aliphatic carboxylic acids is 1. The van der Waals surface area contributed by atoms with Crippen molar-refractivity contribution in [3.63, 3.8) is 0 Å². The van der Waals surface area contributed by atoms with Crippen molar-refractivity contribution in [1.29, 1.82) is 0 Å². The summed E-state index contributed by atoms with van der Waals surface area (Å²) in [6, 6.07) is 20.6. The zero-order valence-electron chi connectivity index (χ0n) is 20.0. The van der Waals surface area contributed by atoms with Gasteiger partial charge >= 0.3 is 5.97 Å². The van der Waals surface area contributed by atoms with Gasteiger partial charge in [0, 0.05) is 46.6 Å². The van der Waals surface area contributed by atoms with Crippen LogP contribution in [0.15, 0.2) is 66.7 Å². The average Bonchev–Trinajstić information content (AvgIpc) is 2.85. The van der Waals surface area contributed by atoms with E-state index in [1.807, 2.05) is 59.5 Å². The molecule has 2 heterocycles. The molecule has 0 radical (unpaired) electrons. The van der Waals surface area contributed by atoms with Crippen molar-refractivity contribution in [3.05, 3.63) is 93.6 Å². The number of carboxylic acid groups (broad SMARTS) is 1. The monoisotopic (exact) mass is 533 g/mol. The largest absolute Gasteiger partial charge is 0.481 e. The molecular weight excluding hydrogens is 509 g/mol. The Morgan fingerprint density at radius 2 is 1.68 bits per heavy atom. The number of halogens is 2. The summed E-state index contributed by atoms with van der Waals surface area (Å²) in [5.41, 5.74) is 5.45. The number of unbranched alkanes of at least 4 members (excludes halogenated alkanes) is 1. The molecule has 1 N–H and O–H groups in total. The van der Waals surface area contributed by atoms with Crippen LogP contribution in [-0.2, 0) is 11.2 Å². The first kappa shape index (κ1) is 25.2. The number of rotatable bonds is 8. The predicted molar refractivity (Wildman–Crippen MR) is 145 cm³/mol. The first-order chi connectivity index (χ1) is 17.9. The van der Waals surface area contributed by atoms with E-state index in [2.05, 4.69) is 0 Å². The first-order valence-electron chi connectivity index (χ1n) is 12.2. The van der Waals surface area contributed by atoms with Crippen LogP contribution in [0.1, 0.15) is 46.8 Å². The lowest BCUT2D eigenvalue weighted by Gasteiger charge is -2.39. The van der Waals surface area contributed by atoms with E-state index in [0.717, 1.165) is 22.5 Å². The van der Waals surface area contributed by atoms with Gasteiger partial charge in [-0.3, -0.25) is 9.59 Å². The quantitative estimate of drug-likeness (QED) is 0.256. The van der Waals surface area contributed by atoms with E-state index in [0.29, 0.717) is 59.0 Å². The van der Waals surface area contributed by atoms with Crippen LogP contribution in [0.25, 0.3) is 22.3 Å². The maximum Gasteiger partial charge on any atom is 0.303 e. The number of hydrogen-bond acceptors (Lipinski definition) is 4. The molecular formula is C29H25Cl2N3O3. The van der Waals surface area contributed by atoms with Crippen molar-refractivity contribution in [2.75, 3.05) is 13.1 Å². The number of likely N-dealkylation sites (tertiary alicyclic amines) is 1. The van der Waals surface area contributed by atoms with Gasteiger partial charge in [0.2, 0.25) is 0 Å². The average molecular weight is 534 g/mol. The second-order valence-corrected chi connectivity index (χ2v) is 10.2. The summed E-state index contributed by atoms with van der Waals surface area (Å²) in [5, 5.41) is 10.3. The number of hydrogen-bond donors (Lipinski definition) is 1. The number of carboxylic acids is 1. The van der Waals surface area contributed by atoms with Gasteiger partial charge in [-0.2, -0.15) is 0 Å². The molecule has 0 saturated carbocycles. The van der Waals surface area contributed by atoms with E-state index in [4.69, 9.17) is 38.3 Å². The van der Waals surface area contributed by atoms with Gasteiger partial charge in [-0.05, 0) is 67.3 Å². The SMILES string of the molecule is O=C(O)CCCCc1nc2cc(C(=O)N3CC(c4cccc(Cl)c4)C3)ccc2nc1-c1ccc(Cl)cc1. The van der Waals surface area contributed by atoms with Crippen LogP contribution in [0, 0.1) is 0 Å². The van der Waals surface area contributed by atoms with Gasteiger partial charge < -0.3 is 10.0 Å². The molecule has 188 valence electrons. The Balaban J connectivity index is 1.39. The number of aryl methyl sites for hydroxylation is 1. The Morgan fingerprint density at radius 1 is 0.892 bits per heavy atom. The molecule has 0 bridgehead atoms. The molecule has 5 rings (SSSR count). The van der Waals surface area contributed by atoms with Crippen molar-refractivity contribution in [3.8, 4) is 11.3 Å². The highest BCUT2D eigenvalue weighted by atomic mass is 35.5. The number of carbonyl (C=O) groups excluding carboxylic acids is 1. The summed E-state index contributed by atoms with van der Waals surface area (Å²) in [6.07, 6.45) is 1.92. The van der Waals surface area contributed by atoms with Crippen molar-refractivity contribution >= 4 is 46.1 Å². The number of nitrogens with zero attached hydrogens (tertiary/aromatic N) is 3. The van der Waals surface area contributed by atoms with E-state index >= 15 is 0 Å². The minimum Gasteiger partial charge on any atom is -0.481 e. The summed E-state index contributed by atoms with van der Waals surface area (Å²) < 4.78 is 0. The Morgan fingerprint density at radius 3 is 2.41 bits per heavy atom. The van der Waals surface area contributed by atoms with Crippen LogP contribution in [-0.4, -0.2) is 44.9 Å². The van der Waals surface area contributed by atoms with Gasteiger partial charge in [0.25, 0.3) is 5.91 Å². The molecule has 1 fully saturated rings. The molecule has 1 aromatic heterocycles. The molecule has 37 heavy (non-hydrogen) atoms. The van der Waals surface area contributed by atoms with Crippen molar-refractivity contribution in [1.82, 2.24) is 14.9 Å². The van der Waals surface area contributed by atoms with Crippen molar-refractivity contribution in [2.45, 2.75) is 31.6 Å². The van der Waals surface area contributed by atoms with Crippen molar-refractivity contribution < 1.29 is 14.7 Å². The Labute approximate surface area is 224 Å². The maximum atomic E-state index is 13.2. The molecule has 4 aromatic rings. The number of amides is 1. The van der Waals surface area contributed by atoms with E-state index < -0.39 is 5.97 Å². The second-order valence-electron chi connectivity index (χ2n) is 9.29. The lowest BCUT2D eigenvalue weighted by atomic mass is 9.91. The van der Waals surface area contributed by atoms with Gasteiger partial charge in [0.15, 0.2) is 0 Å². The highest BCUT2D eigenvalue weighted by molar-refractivity contribution is 6.30. The third-order valence-corrected chi connectivity index (χ3v) is 7.13. The van der Waals surface area contributed by atoms with Crippen molar-refractivity contribution in [2.24, 2.45) is 0 Å². The topological polar surface area (TPSA) is 83.4 Å². The highest BCUT2D eigenvalue weighted by Crippen LogP contribution is 2.31. The molecule has 8 heteroatoms. The smallest absolute Gasteiger partial charge is 0.303 e. The Kier molecular flexibility index (Phi) is 7.40. The van der Waals surface area contributed by atoms with Crippen LogP contribution >= 0.6 is 23.2 Å². The number of benzene rings is 3. The third-order valence-electron chi connectivity index (χ3n) is 6.64. The van der Waals surface area contributed by atoms with Gasteiger partial charge in [0.05, 0.1) is 22.4 Å². The molecule has 1 aliphatic rings. The molecule has 1 saturated heterocycles. The van der Waals surface area contributed by atoms with Crippen LogP contribution in [0.3, 0.4) is 0 Å². The Bertz CT molecular complexity index is 1470. The fourth-order valence-electron chi connectivity index (χ4n) is 4.60. The van der Waals surface area contributed by atoms with Crippen LogP contribution < -0.4 is 0 Å². The fraction of sp³-hybridized carbons (Fsp3) is 0.241. The van der Waals surface area contributed by atoms with Gasteiger partial charge in [-0.15, -0.1) is 0 Å². The molecule has 0 unspecified atom stereocenters. The number of aromatic nitrogens is 2. The summed E-state index contributed by atoms with van der Waals surface area (Å²) in [4.78, 5) is 35.7. The lowest BCUT2D eigenvalue weighted by Crippen LogP contribution is -2.48. The summed E-state index contributed by atoms with van der Waals surface area (Å²) >= 11 is 12.2. The molecule has 0 aliphatic carbocycles. The van der Waals surface area contributed by atoms with E-state index in [1.54, 1.807) is 12.1 Å². The summed E-state index contributed by atoms with van der Waals surface area (Å²) in [6.45, 7) is 1.29. The summed E-state index contributed by atoms with van der Waals surface area (Å²) in [5.74, 6) is -0.566. The minimum absolute atomic E-state index is 0.0354. The third kappa shape index (κ3) is 5.76. The van der Waals surface area contributed by atoms with Crippen LogP contribution in [0.4, 0.5) is 0 Å². The van der Waals surface area contributed by atoms with Gasteiger partial charge in [0.1, 0.15) is 0 Å². The molecule has 6 nitrogen and oxygen atoms in total. The van der Waals surface area contributed by atoms with E-state index in [9.17, 15) is 9.59 Å². The number of fused-ring (bicyclic) bond motifs is 1. The minimum atomic E-state index is -0.811.